The average Bonchev–Trinajstić information content (AvgIpc) is 2.38. The second-order valence-corrected chi connectivity index (χ2v) is 5.91. The fourth-order valence-electron chi connectivity index (χ4n) is 2.30. The Balaban J connectivity index is 2.15. The number of rotatable bonds is 3. The van der Waals surface area contributed by atoms with Crippen molar-refractivity contribution in [3.8, 4) is 5.75 Å². The molecular formula is C14H19BrN2O2. The number of ether oxygens (including phenoxy) is 1. The smallest absolute Gasteiger partial charge is 0.238 e. The minimum atomic E-state index is -0.204. The van der Waals surface area contributed by atoms with Crippen LogP contribution in [0.1, 0.15) is 24.9 Å². The van der Waals surface area contributed by atoms with Crippen molar-refractivity contribution in [3.05, 3.63) is 28.2 Å². The molecule has 0 spiro atoms. The first-order valence-electron chi connectivity index (χ1n) is 6.38. The number of nitrogens with one attached hydrogen (secondary N) is 1. The summed E-state index contributed by atoms with van der Waals surface area (Å²) in [5.41, 5.74) is 1.11. The molecule has 1 N–H and O–H groups in total. The van der Waals surface area contributed by atoms with Crippen molar-refractivity contribution >= 4 is 21.8 Å². The van der Waals surface area contributed by atoms with Gasteiger partial charge in [-0.2, -0.15) is 0 Å². The van der Waals surface area contributed by atoms with Crippen molar-refractivity contribution < 1.29 is 9.53 Å². The lowest BCUT2D eigenvalue weighted by atomic mass is 9.99. The number of halogens is 1. The van der Waals surface area contributed by atoms with Gasteiger partial charge in [-0.05, 0) is 25.1 Å². The summed E-state index contributed by atoms with van der Waals surface area (Å²) in [4.78, 5) is 13.5. The van der Waals surface area contributed by atoms with Crippen LogP contribution in [0.5, 0.6) is 5.75 Å². The lowest BCUT2D eigenvalue weighted by Crippen LogP contribution is -2.44. The van der Waals surface area contributed by atoms with Crippen LogP contribution in [0.4, 0.5) is 0 Å². The Morgan fingerprint density at radius 3 is 2.95 bits per heavy atom. The molecule has 1 aliphatic rings. The number of hydrogen-bond donors (Lipinski definition) is 1. The highest BCUT2D eigenvalue weighted by Gasteiger charge is 2.25. The van der Waals surface area contributed by atoms with E-state index in [4.69, 9.17) is 4.74 Å². The van der Waals surface area contributed by atoms with E-state index in [1.54, 1.807) is 19.0 Å². The Morgan fingerprint density at radius 2 is 2.26 bits per heavy atom. The summed E-state index contributed by atoms with van der Waals surface area (Å²) in [6.07, 6.45) is 0.870. The minimum Gasteiger partial charge on any atom is -0.493 e. The molecule has 2 rings (SSSR count). The van der Waals surface area contributed by atoms with E-state index >= 15 is 0 Å². The molecule has 19 heavy (non-hydrogen) atoms. The molecule has 5 heteroatoms. The molecule has 1 amide bonds. The van der Waals surface area contributed by atoms with Crippen LogP contribution in [0.2, 0.25) is 0 Å². The zero-order valence-electron chi connectivity index (χ0n) is 11.4. The lowest BCUT2D eigenvalue weighted by molar-refractivity contribution is -0.130. The molecule has 0 saturated carbocycles. The van der Waals surface area contributed by atoms with Crippen molar-refractivity contribution in [2.45, 2.75) is 25.4 Å². The van der Waals surface area contributed by atoms with Crippen LogP contribution in [0.15, 0.2) is 22.7 Å². The summed E-state index contributed by atoms with van der Waals surface area (Å²) >= 11 is 3.48. The van der Waals surface area contributed by atoms with E-state index in [2.05, 4.69) is 27.3 Å². The van der Waals surface area contributed by atoms with Gasteiger partial charge < -0.3 is 9.64 Å². The SMILES string of the molecule is CC(NC1CCOc2ccc(Br)cc21)C(=O)N(C)C. The van der Waals surface area contributed by atoms with E-state index in [9.17, 15) is 4.79 Å². The molecule has 1 aliphatic heterocycles. The third-order valence-corrected chi connectivity index (χ3v) is 3.77. The minimum absolute atomic E-state index is 0.0861. The monoisotopic (exact) mass is 326 g/mol. The Morgan fingerprint density at radius 1 is 1.53 bits per heavy atom. The number of nitrogens with zero attached hydrogens (tertiary/aromatic N) is 1. The molecule has 104 valence electrons. The predicted molar refractivity (Wildman–Crippen MR) is 78.3 cm³/mol. The second kappa shape index (κ2) is 5.92. The van der Waals surface area contributed by atoms with E-state index in [0.29, 0.717) is 6.61 Å². The van der Waals surface area contributed by atoms with Gasteiger partial charge in [0.2, 0.25) is 5.91 Å². The third-order valence-electron chi connectivity index (χ3n) is 3.27. The Bertz CT molecular complexity index is 477. The molecule has 0 aromatic heterocycles. The molecule has 1 aromatic rings. The van der Waals surface area contributed by atoms with Crippen LogP contribution in [-0.2, 0) is 4.79 Å². The van der Waals surface area contributed by atoms with Gasteiger partial charge in [-0.25, -0.2) is 0 Å². The third kappa shape index (κ3) is 3.28. The van der Waals surface area contributed by atoms with Gasteiger partial charge in [-0.15, -0.1) is 0 Å². The highest BCUT2D eigenvalue weighted by atomic mass is 79.9. The van der Waals surface area contributed by atoms with Gasteiger partial charge in [0.1, 0.15) is 5.75 Å². The van der Waals surface area contributed by atoms with Gasteiger partial charge in [0, 0.05) is 36.6 Å². The normalized spacial score (nSPS) is 19.3. The van der Waals surface area contributed by atoms with E-state index in [1.165, 1.54) is 0 Å². The van der Waals surface area contributed by atoms with Gasteiger partial charge in [0.15, 0.2) is 0 Å². The van der Waals surface area contributed by atoms with Crippen molar-refractivity contribution in [3.63, 3.8) is 0 Å². The summed E-state index contributed by atoms with van der Waals surface area (Å²) in [6.45, 7) is 2.57. The van der Waals surface area contributed by atoms with Crippen LogP contribution >= 0.6 is 15.9 Å². The first kappa shape index (κ1) is 14.3. The Labute approximate surface area is 122 Å². The highest BCUT2D eigenvalue weighted by Crippen LogP contribution is 2.34. The summed E-state index contributed by atoms with van der Waals surface area (Å²) in [7, 11) is 3.55. The number of amides is 1. The first-order chi connectivity index (χ1) is 8.99. The number of likely N-dealkylation sites (N-methyl/N-ethyl adjacent to an activating group) is 1. The van der Waals surface area contributed by atoms with Gasteiger partial charge >= 0.3 is 0 Å². The van der Waals surface area contributed by atoms with Gasteiger partial charge in [0.05, 0.1) is 12.6 Å². The molecule has 0 fully saturated rings. The second-order valence-electron chi connectivity index (χ2n) is 4.99. The molecule has 1 aromatic carbocycles. The molecule has 1 heterocycles. The quantitative estimate of drug-likeness (QED) is 0.927. The Hall–Kier alpha value is -1.07. The van der Waals surface area contributed by atoms with Crippen molar-refractivity contribution in [2.75, 3.05) is 20.7 Å². The Kier molecular flexibility index (Phi) is 4.47. The van der Waals surface area contributed by atoms with Gasteiger partial charge in [-0.3, -0.25) is 10.1 Å². The first-order valence-corrected chi connectivity index (χ1v) is 7.18. The van der Waals surface area contributed by atoms with Gasteiger partial charge in [0.25, 0.3) is 0 Å². The molecule has 0 radical (unpaired) electrons. The van der Waals surface area contributed by atoms with Gasteiger partial charge in [-0.1, -0.05) is 15.9 Å². The molecule has 2 atom stereocenters. The van der Waals surface area contributed by atoms with Crippen LogP contribution in [0.3, 0.4) is 0 Å². The number of carbonyl (C=O) groups is 1. The summed E-state index contributed by atoms with van der Waals surface area (Å²) < 4.78 is 6.67. The fourth-order valence-corrected chi connectivity index (χ4v) is 2.68. The summed E-state index contributed by atoms with van der Waals surface area (Å²) in [6, 6.07) is 5.94. The summed E-state index contributed by atoms with van der Waals surface area (Å²) in [5.74, 6) is 0.986. The molecule has 0 saturated heterocycles. The van der Waals surface area contributed by atoms with Crippen molar-refractivity contribution in [2.24, 2.45) is 0 Å². The van der Waals surface area contributed by atoms with E-state index in [0.717, 1.165) is 22.2 Å². The molecule has 0 bridgehead atoms. The fraction of sp³-hybridized carbons (Fsp3) is 0.500. The molecule has 4 nitrogen and oxygen atoms in total. The van der Waals surface area contributed by atoms with E-state index < -0.39 is 0 Å². The number of benzene rings is 1. The molecule has 0 aliphatic carbocycles. The van der Waals surface area contributed by atoms with E-state index in [1.807, 2.05) is 19.1 Å². The maximum absolute atomic E-state index is 11.9. The zero-order valence-corrected chi connectivity index (χ0v) is 13.0. The molecular weight excluding hydrogens is 308 g/mol. The zero-order chi connectivity index (χ0) is 14.0. The maximum Gasteiger partial charge on any atom is 0.238 e. The number of hydrogen-bond acceptors (Lipinski definition) is 3. The van der Waals surface area contributed by atoms with Crippen molar-refractivity contribution in [1.82, 2.24) is 10.2 Å². The molecule has 2 unspecified atom stereocenters. The number of fused-ring (bicyclic) bond motifs is 1. The predicted octanol–water partition coefficient (Wildman–Crippen LogP) is 2.34. The topological polar surface area (TPSA) is 41.6 Å². The maximum atomic E-state index is 11.9. The largest absolute Gasteiger partial charge is 0.493 e. The summed E-state index contributed by atoms with van der Waals surface area (Å²) in [5, 5.41) is 3.39. The standard InChI is InChI=1S/C14H19BrN2O2/c1-9(14(18)17(2)3)16-12-6-7-19-13-5-4-10(15)8-11(12)13/h4-5,8-9,12,16H,6-7H2,1-3H3. The van der Waals surface area contributed by atoms with Crippen LogP contribution in [-0.4, -0.2) is 37.6 Å². The average molecular weight is 327 g/mol. The highest BCUT2D eigenvalue weighted by molar-refractivity contribution is 9.10. The van der Waals surface area contributed by atoms with Crippen molar-refractivity contribution in [1.29, 1.82) is 0 Å². The number of carbonyl (C=O) groups excluding carboxylic acids is 1. The van der Waals surface area contributed by atoms with Crippen LogP contribution in [0.25, 0.3) is 0 Å². The van der Waals surface area contributed by atoms with E-state index in [-0.39, 0.29) is 18.0 Å². The van der Waals surface area contributed by atoms with Crippen LogP contribution < -0.4 is 10.1 Å². The van der Waals surface area contributed by atoms with Crippen LogP contribution in [0, 0.1) is 0 Å². The lowest BCUT2D eigenvalue weighted by Gasteiger charge is -2.30.